The van der Waals surface area contributed by atoms with Crippen LogP contribution in [0.2, 0.25) is 0 Å². The van der Waals surface area contributed by atoms with E-state index >= 15 is 0 Å². The molecule has 0 aliphatic heterocycles. The lowest BCUT2D eigenvalue weighted by Crippen LogP contribution is -2.16. The Morgan fingerprint density at radius 2 is 2.00 bits per heavy atom. The zero-order chi connectivity index (χ0) is 14.0. The van der Waals surface area contributed by atoms with Crippen LogP contribution in [0.4, 0.5) is 5.69 Å². The third-order valence-corrected chi connectivity index (χ3v) is 4.73. The van der Waals surface area contributed by atoms with Crippen LogP contribution in [0.3, 0.4) is 0 Å². The molecule has 19 heavy (non-hydrogen) atoms. The van der Waals surface area contributed by atoms with Gasteiger partial charge in [-0.15, -0.1) is 0 Å². The van der Waals surface area contributed by atoms with Crippen LogP contribution in [0.25, 0.3) is 10.9 Å². The van der Waals surface area contributed by atoms with Crippen molar-refractivity contribution in [3.8, 4) is 0 Å². The number of unbranched alkanes of at least 4 members (excludes halogenated alkanes) is 1. The Morgan fingerprint density at radius 1 is 1.26 bits per heavy atom. The first kappa shape index (κ1) is 13.9. The predicted octanol–water partition coefficient (Wildman–Crippen LogP) is 3.33. The van der Waals surface area contributed by atoms with Crippen molar-refractivity contribution in [2.45, 2.75) is 33.6 Å². The fourth-order valence-electron chi connectivity index (χ4n) is 2.12. The number of fused-ring (bicyclic) bond motifs is 1. The maximum absolute atomic E-state index is 12.0. The quantitative estimate of drug-likeness (QED) is 0.882. The van der Waals surface area contributed by atoms with Crippen LogP contribution < -0.4 is 4.72 Å². The summed E-state index contributed by atoms with van der Waals surface area (Å²) in [5, 5.41) is 1.06. The normalized spacial score (nSPS) is 11.9. The van der Waals surface area contributed by atoms with Crippen molar-refractivity contribution in [2.24, 2.45) is 0 Å². The molecule has 1 aromatic heterocycles. The first-order chi connectivity index (χ1) is 8.94. The highest BCUT2D eigenvalue weighted by Crippen LogP contribution is 2.28. The van der Waals surface area contributed by atoms with Gasteiger partial charge in [-0.2, -0.15) is 0 Å². The largest absolute Gasteiger partial charge is 0.357 e. The van der Waals surface area contributed by atoms with E-state index < -0.39 is 10.0 Å². The van der Waals surface area contributed by atoms with E-state index in [0.29, 0.717) is 12.1 Å². The van der Waals surface area contributed by atoms with Gasteiger partial charge in [-0.3, -0.25) is 4.72 Å². The van der Waals surface area contributed by atoms with Gasteiger partial charge in [0.05, 0.1) is 17.0 Å². The van der Waals surface area contributed by atoms with Crippen molar-refractivity contribution in [3.05, 3.63) is 29.5 Å². The summed E-state index contributed by atoms with van der Waals surface area (Å²) >= 11 is 0. The van der Waals surface area contributed by atoms with Crippen molar-refractivity contribution in [1.29, 1.82) is 0 Å². The van der Waals surface area contributed by atoms with Crippen molar-refractivity contribution in [3.63, 3.8) is 0 Å². The van der Waals surface area contributed by atoms with Crippen LogP contribution in [0.15, 0.2) is 18.2 Å². The molecule has 0 bridgehead atoms. The van der Waals surface area contributed by atoms with Gasteiger partial charge in [-0.25, -0.2) is 8.42 Å². The number of aromatic nitrogens is 1. The summed E-state index contributed by atoms with van der Waals surface area (Å²) in [6.45, 7) is 6.00. The summed E-state index contributed by atoms with van der Waals surface area (Å²) < 4.78 is 26.6. The molecule has 0 atom stereocenters. The summed E-state index contributed by atoms with van der Waals surface area (Å²) in [5.74, 6) is 0.165. The average Bonchev–Trinajstić information content (AvgIpc) is 2.65. The number of H-pyrrole nitrogens is 1. The molecule has 0 aliphatic rings. The summed E-state index contributed by atoms with van der Waals surface area (Å²) in [5.41, 5.74) is 3.71. The third kappa shape index (κ3) is 2.92. The smallest absolute Gasteiger partial charge is 0.232 e. The molecular weight excluding hydrogens is 260 g/mol. The Hall–Kier alpha value is -1.49. The first-order valence-electron chi connectivity index (χ1n) is 6.53. The second-order valence-corrected chi connectivity index (χ2v) is 6.72. The number of rotatable bonds is 5. The van der Waals surface area contributed by atoms with E-state index in [1.54, 1.807) is 6.07 Å². The topological polar surface area (TPSA) is 62.0 Å². The number of anilines is 1. The van der Waals surface area contributed by atoms with Gasteiger partial charge in [-0.05, 0) is 31.9 Å². The second-order valence-electron chi connectivity index (χ2n) is 4.88. The van der Waals surface area contributed by atoms with Gasteiger partial charge < -0.3 is 4.98 Å². The van der Waals surface area contributed by atoms with E-state index in [1.807, 2.05) is 32.9 Å². The van der Waals surface area contributed by atoms with Crippen LogP contribution in [0, 0.1) is 13.8 Å². The van der Waals surface area contributed by atoms with Crippen LogP contribution in [-0.4, -0.2) is 19.2 Å². The SMILES string of the molecule is CCCCS(=O)(=O)Nc1cccc2c(C)c(C)[nH]c12. The lowest BCUT2D eigenvalue weighted by molar-refractivity contribution is 0.598. The Kier molecular flexibility index (Phi) is 3.85. The van der Waals surface area contributed by atoms with E-state index in [0.717, 1.165) is 28.6 Å². The molecule has 4 nitrogen and oxygen atoms in total. The molecule has 0 spiro atoms. The number of hydrogen-bond donors (Lipinski definition) is 2. The van der Waals surface area contributed by atoms with E-state index in [2.05, 4.69) is 9.71 Å². The third-order valence-electron chi connectivity index (χ3n) is 3.38. The first-order valence-corrected chi connectivity index (χ1v) is 8.18. The van der Waals surface area contributed by atoms with Crippen molar-refractivity contribution < 1.29 is 8.42 Å². The van der Waals surface area contributed by atoms with Crippen molar-refractivity contribution in [1.82, 2.24) is 4.98 Å². The van der Waals surface area contributed by atoms with Gasteiger partial charge in [-0.1, -0.05) is 25.5 Å². The fourth-order valence-corrected chi connectivity index (χ4v) is 3.40. The maximum atomic E-state index is 12.0. The number of aromatic amines is 1. The zero-order valence-corrected chi connectivity index (χ0v) is 12.4. The Bertz CT molecular complexity index is 687. The van der Waals surface area contributed by atoms with Crippen LogP contribution in [0.1, 0.15) is 31.0 Å². The molecule has 2 aromatic rings. The molecule has 0 saturated carbocycles. The molecule has 104 valence electrons. The number of sulfonamides is 1. The molecule has 0 amide bonds. The van der Waals surface area contributed by atoms with E-state index in [-0.39, 0.29) is 5.75 Å². The number of para-hydroxylation sites is 1. The van der Waals surface area contributed by atoms with Gasteiger partial charge in [0.15, 0.2) is 0 Å². The van der Waals surface area contributed by atoms with Crippen molar-refractivity contribution in [2.75, 3.05) is 10.5 Å². The minimum absolute atomic E-state index is 0.165. The molecule has 2 N–H and O–H groups in total. The number of aryl methyl sites for hydroxylation is 2. The minimum atomic E-state index is -3.26. The standard InChI is InChI=1S/C14H20N2O2S/c1-4-5-9-19(17,18)16-13-8-6-7-12-10(2)11(3)15-14(12)13/h6-8,15-16H,4-5,9H2,1-3H3. The van der Waals surface area contributed by atoms with E-state index in [9.17, 15) is 8.42 Å². The van der Waals surface area contributed by atoms with Crippen LogP contribution >= 0.6 is 0 Å². The zero-order valence-electron chi connectivity index (χ0n) is 11.6. The second kappa shape index (κ2) is 5.25. The highest BCUT2D eigenvalue weighted by Gasteiger charge is 2.13. The minimum Gasteiger partial charge on any atom is -0.357 e. The highest BCUT2D eigenvalue weighted by atomic mass is 32.2. The maximum Gasteiger partial charge on any atom is 0.232 e. The molecule has 0 saturated heterocycles. The average molecular weight is 280 g/mol. The van der Waals surface area contributed by atoms with Crippen LogP contribution in [0.5, 0.6) is 0 Å². The summed E-state index contributed by atoms with van der Waals surface area (Å²) in [6, 6.07) is 5.67. The van der Waals surface area contributed by atoms with Gasteiger partial charge in [0.2, 0.25) is 10.0 Å². The number of nitrogens with one attached hydrogen (secondary N) is 2. The summed E-state index contributed by atoms with van der Waals surface area (Å²) in [6.07, 6.45) is 1.54. The molecule has 0 fully saturated rings. The number of benzene rings is 1. The van der Waals surface area contributed by atoms with Gasteiger partial charge in [0.1, 0.15) is 0 Å². The summed E-state index contributed by atoms with van der Waals surface area (Å²) in [4.78, 5) is 3.25. The monoisotopic (exact) mass is 280 g/mol. The van der Waals surface area contributed by atoms with Gasteiger partial charge in [0, 0.05) is 11.1 Å². The lowest BCUT2D eigenvalue weighted by atomic mass is 10.1. The molecule has 0 unspecified atom stereocenters. The molecule has 1 heterocycles. The Labute approximate surface area is 114 Å². The molecular formula is C14H20N2O2S. The number of hydrogen-bond acceptors (Lipinski definition) is 2. The van der Waals surface area contributed by atoms with Gasteiger partial charge >= 0.3 is 0 Å². The molecule has 2 rings (SSSR count). The predicted molar refractivity (Wildman–Crippen MR) is 80.1 cm³/mol. The van der Waals surface area contributed by atoms with Crippen molar-refractivity contribution >= 4 is 26.6 Å². The van der Waals surface area contributed by atoms with Crippen LogP contribution in [-0.2, 0) is 10.0 Å². The molecule has 1 aromatic carbocycles. The highest BCUT2D eigenvalue weighted by molar-refractivity contribution is 7.92. The molecule has 0 aliphatic carbocycles. The Balaban J connectivity index is 2.38. The Morgan fingerprint density at radius 3 is 2.68 bits per heavy atom. The lowest BCUT2D eigenvalue weighted by Gasteiger charge is -2.08. The molecule has 5 heteroatoms. The molecule has 0 radical (unpaired) electrons. The van der Waals surface area contributed by atoms with E-state index in [4.69, 9.17) is 0 Å². The summed E-state index contributed by atoms with van der Waals surface area (Å²) in [7, 11) is -3.26. The van der Waals surface area contributed by atoms with Gasteiger partial charge in [0.25, 0.3) is 0 Å². The van der Waals surface area contributed by atoms with E-state index in [1.165, 1.54) is 0 Å². The fraction of sp³-hybridized carbons (Fsp3) is 0.429.